The van der Waals surface area contributed by atoms with Gasteiger partial charge in [-0.25, -0.2) is 8.42 Å². The number of methoxy groups -OCH3 is 1. The third-order valence-corrected chi connectivity index (χ3v) is 5.53. The molecule has 1 N–H and O–H groups in total. The van der Waals surface area contributed by atoms with Crippen LogP contribution in [0.2, 0.25) is 5.02 Å². The predicted octanol–water partition coefficient (Wildman–Crippen LogP) is 2.54. The summed E-state index contributed by atoms with van der Waals surface area (Å²) >= 11 is 5.93. The third kappa shape index (κ3) is 4.72. The van der Waals surface area contributed by atoms with Gasteiger partial charge in [-0.1, -0.05) is 23.7 Å². The van der Waals surface area contributed by atoms with Crippen molar-refractivity contribution < 1.29 is 17.9 Å². The van der Waals surface area contributed by atoms with Crippen LogP contribution in [-0.2, 0) is 14.8 Å². The Morgan fingerprint density at radius 2 is 1.92 bits per heavy atom. The van der Waals surface area contributed by atoms with Crippen LogP contribution in [0.4, 0.5) is 5.69 Å². The molecule has 6 nitrogen and oxygen atoms in total. The lowest BCUT2D eigenvalue weighted by Crippen LogP contribution is -2.28. The fourth-order valence-corrected chi connectivity index (χ4v) is 3.55. The number of nitrogens with zero attached hydrogens (tertiary/aromatic N) is 1. The van der Waals surface area contributed by atoms with Crippen molar-refractivity contribution in [1.82, 2.24) is 5.32 Å². The standard InChI is InChI=1S/C17H19ClN2O4S/c1-20(15-7-4-6-14(18)12-15)25(22,23)16-8-3-5-13(11-16)17(21)19-9-10-24-2/h3-8,11-12H,9-10H2,1-2H3,(H,19,21). The minimum atomic E-state index is -3.82. The van der Waals surface area contributed by atoms with E-state index in [1.807, 2.05) is 0 Å². The van der Waals surface area contributed by atoms with Crippen LogP contribution in [0.1, 0.15) is 10.4 Å². The predicted molar refractivity (Wildman–Crippen MR) is 97.7 cm³/mol. The van der Waals surface area contributed by atoms with Gasteiger partial charge in [0.15, 0.2) is 0 Å². The molecule has 2 rings (SSSR count). The van der Waals surface area contributed by atoms with E-state index in [1.165, 1.54) is 32.4 Å². The molecule has 0 aliphatic heterocycles. The molecular weight excluding hydrogens is 364 g/mol. The summed E-state index contributed by atoms with van der Waals surface area (Å²) in [6.45, 7) is 0.718. The lowest BCUT2D eigenvalue weighted by Gasteiger charge is -2.20. The van der Waals surface area contributed by atoms with E-state index in [0.29, 0.717) is 23.9 Å². The van der Waals surface area contributed by atoms with Crippen LogP contribution in [-0.4, -0.2) is 41.6 Å². The lowest BCUT2D eigenvalue weighted by atomic mass is 10.2. The average Bonchev–Trinajstić information content (AvgIpc) is 2.61. The highest BCUT2D eigenvalue weighted by molar-refractivity contribution is 7.92. The fraction of sp³-hybridized carbons (Fsp3) is 0.235. The van der Waals surface area contributed by atoms with E-state index in [-0.39, 0.29) is 16.4 Å². The highest BCUT2D eigenvalue weighted by Crippen LogP contribution is 2.25. The molecule has 0 atom stereocenters. The van der Waals surface area contributed by atoms with Crippen molar-refractivity contribution in [2.75, 3.05) is 31.6 Å². The number of benzene rings is 2. The highest BCUT2D eigenvalue weighted by Gasteiger charge is 2.22. The molecule has 2 aromatic carbocycles. The van der Waals surface area contributed by atoms with E-state index in [2.05, 4.69) is 5.32 Å². The minimum Gasteiger partial charge on any atom is -0.383 e. The molecule has 0 radical (unpaired) electrons. The minimum absolute atomic E-state index is 0.0226. The van der Waals surface area contributed by atoms with Gasteiger partial charge in [-0.3, -0.25) is 9.10 Å². The summed E-state index contributed by atoms with van der Waals surface area (Å²) in [5.74, 6) is -0.362. The fourth-order valence-electron chi connectivity index (χ4n) is 2.14. The summed E-state index contributed by atoms with van der Waals surface area (Å²) in [6, 6.07) is 12.4. The van der Waals surface area contributed by atoms with Crippen molar-refractivity contribution in [1.29, 1.82) is 0 Å². The zero-order valence-electron chi connectivity index (χ0n) is 13.9. The number of nitrogens with one attached hydrogen (secondary N) is 1. The van der Waals surface area contributed by atoms with Crippen LogP contribution in [0, 0.1) is 0 Å². The maximum absolute atomic E-state index is 12.8. The van der Waals surface area contributed by atoms with Crippen molar-refractivity contribution in [2.45, 2.75) is 4.90 Å². The number of ether oxygens (including phenoxy) is 1. The van der Waals surface area contributed by atoms with Crippen molar-refractivity contribution >= 4 is 33.2 Å². The zero-order valence-corrected chi connectivity index (χ0v) is 15.5. The van der Waals surface area contributed by atoms with Gasteiger partial charge in [0.1, 0.15) is 0 Å². The van der Waals surface area contributed by atoms with Gasteiger partial charge in [0.25, 0.3) is 15.9 Å². The molecular formula is C17H19ClN2O4S. The molecule has 1 amide bonds. The van der Waals surface area contributed by atoms with Gasteiger partial charge >= 0.3 is 0 Å². The molecule has 0 aliphatic rings. The molecule has 8 heteroatoms. The smallest absolute Gasteiger partial charge is 0.264 e. The Hall–Kier alpha value is -2.09. The maximum Gasteiger partial charge on any atom is 0.264 e. The Morgan fingerprint density at radius 1 is 1.20 bits per heavy atom. The van der Waals surface area contributed by atoms with Crippen molar-refractivity contribution in [3.05, 3.63) is 59.1 Å². The Kier molecular flexibility index (Phi) is 6.41. The molecule has 0 fully saturated rings. The molecule has 2 aromatic rings. The van der Waals surface area contributed by atoms with Gasteiger partial charge in [0, 0.05) is 31.3 Å². The number of rotatable bonds is 7. The summed E-state index contributed by atoms with van der Waals surface area (Å²) in [5, 5.41) is 3.09. The first-order chi connectivity index (χ1) is 11.9. The first-order valence-electron chi connectivity index (χ1n) is 7.48. The number of hydrogen-bond acceptors (Lipinski definition) is 4. The second-order valence-electron chi connectivity index (χ2n) is 5.23. The summed E-state index contributed by atoms with van der Waals surface area (Å²) in [7, 11) is -0.850. The molecule has 0 spiro atoms. The van der Waals surface area contributed by atoms with Crippen LogP contribution >= 0.6 is 11.6 Å². The molecule has 0 aliphatic carbocycles. The van der Waals surface area contributed by atoms with Gasteiger partial charge in [-0.15, -0.1) is 0 Å². The van der Waals surface area contributed by atoms with E-state index in [1.54, 1.807) is 30.3 Å². The Bertz CT molecular complexity index is 855. The van der Waals surface area contributed by atoms with Crippen molar-refractivity contribution in [2.24, 2.45) is 0 Å². The molecule has 0 unspecified atom stereocenters. The SMILES string of the molecule is COCCNC(=O)c1cccc(S(=O)(=O)N(C)c2cccc(Cl)c2)c1. The van der Waals surface area contributed by atoms with Gasteiger partial charge in [0.05, 0.1) is 17.2 Å². The largest absolute Gasteiger partial charge is 0.383 e. The summed E-state index contributed by atoms with van der Waals surface area (Å²) < 4.78 is 31.6. The molecule has 0 saturated carbocycles. The van der Waals surface area contributed by atoms with E-state index in [4.69, 9.17) is 16.3 Å². The zero-order chi connectivity index (χ0) is 18.4. The Labute approximate surface area is 152 Å². The highest BCUT2D eigenvalue weighted by atomic mass is 35.5. The number of amides is 1. The van der Waals surface area contributed by atoms with Crippen molar-refractivity contribution in [3.63, 3.8) is 0 Å². The van der Waals surface area contributed by atoms with Crippen LogP contribution in [0.15, 0.2) is 53.4 Å². The molecule has 0 saturated heterocycles. The number of sulfonamides is 1. The third-order valence-electron chi connectivity index (χ3n) is 3.52. The molecule has 0 aromatic heterocycles. The monoisotopic (exact) mass is 382 g/mol. The maximum atomic E-state index is 12.8. The molecule has 0 bridgehead atoms. The number of carbonyl (C=O) groups is 1. The number of anilines is 1. The second kappa shape index (κ2) is 8.33. The normalized spacial score (nSPS) is 11.2. The summed E-state index contributed by atoms with van der Waals surface area (Å²) in [6.07, 6.45) is 0. The van der Waals surface area contributed by atoms with E-state index >= 15 is 0 Å². The van der Waals surface area contributed by atoms with Crippen LogP contribution in [0.3, 0.4) is 0 Å². The average molecular weight is 383 g/mol. The van der Waals surface area contributed by atoms with E-state index in [0.717, 1.165) is 4.31 Å². The van der Waals surface area contributed by atoms with E-state index in [9.17, 15) is 13.2 Å². The second-order valence-corrected chi connectivity index (χ2v) is 7.63. The van der Waals surface area contributed by atoms with Crippen LogP contribution < -0.4 is 9.62 Å². The Morgan fingerprint density at radius 3 is 2.60 bits per heavy atom. The van der Waals surface area contributed by atoms with E-state index < -0.39 is 10.0 Å². The molecule has 134 valence electrons. The number of halogens is 1. The number of carbonyl (C=O) groups excluding carboxylic acids is 1. The number of hydrogen-bond donors (Lipinski definition) is 1. The topological polar surface area (TPSA) is 75.7 Å². The quantitative estimate of drug-likeness (QED) is 0.746. The van der Waals surface area contributed by atoms with Crippen molar-refractivity contribution in [3.8, 4) is 0 Å². The van der Waals surface area contributed by atoms with Crippen LogP contribution in [0.25, 0.3) is 0 Å². The van der Waals surface area contributed by atoms with Gasteiger partial charge in [-0.05, 0) is 36.4 Å². The van der Waals surface area contributed by atoms with Gasteiger partial charge < -0.3 is 10.1 Å². The first kappa shape index (κ1) is 19.2. The summed E-state index contributed by atoms with van der Waals surface area (Å²) in [4.78, 5) is 12.1. The lowest BCUT2D eigenvalue weighted by molar-refractivity contribution is 0.0937. The first-order valence-corrected chi connectivity index (χ1v) is 9.30. The van der Waals surface area contributed by atoms with Crippen LogP contribution in [0.5, 0.6) is 0 Å². The Balaban J connectivity index is 2.27. The molecule has 0 heterocycles. The summed E-state index contributed by atoms with van der Waals surface area (Å²) in [5.41, 5.74) is 0.694. The van der Waals surface area contributed by atoms with Gasteiger partial charge in [0.2, 0.25) is 0 Å². The van der Waals surface area contributed by atoms with Gasteiger partial charge in [-0.2, -0.15) is 0 Å². The molecule has 25 heavy (non-hydrogen) atoms.